The first-order valence-corrected chi connectivity index (χ1v) is 7.14. The van der Waals surface area contributed by atoms with Crippen LogP contribution in [0, 0.1) is 23.7 Å². The van der Waals surface area contributed by atoms with E-state index in [0.29, 0.717) is 18.4 Å². The molecule has 3 heteroatoms. The molecule has 1 spiro atoms. The summed E-state index contributed by atoms with van der Waals surface area (Å²) in [5.41, 5.74) is -0.758. The Hall–Kier alpha value is -0.120. The highest BCUT2D eigenvalue weighted by Crippen LogP contribution is 2.62. The fourth-order valence-electron chi connectivity index (χ4n) is 5.31. The number of nitrogens with zero attached hydrogens (tertiary/aromatic N) is 1. The molecule has 5 fully saturated rings. The van der Waals surface area contributed by atoms with E-state index in [2.05, 4.69) is 0 Å². The summed E-state index contributed by atoms with van der Waals surface area (Å²) in [4.78, 5) is 0. The molecule has 1 heterocycles. The van der Waals surface area contributed by atoms with Crippen LogP contribution < -0.4 is 0 Å². The van der Waals surface area contributed by atoms with Crippen LogP contribution in [-0.4, -0.2) is 22.9 Å². The van der Waals surface area contributed by atoms with Crippen LogP contribution in [0.1, 0.15) is 46.0 Å². The van der Waals surface area contributed by atoms with Crippen molar-refractivity contribution in [1.82, 2.24) is 5.06 Å². The first-order valence-electron chi connectivity index (χ1n) is 7.14. The molecule has 0 aromatic heterocycles. The number of hydrogen-bond acceptors (Lipinski definition) is 2. The molecule has 5 rings (SSSR count). The normalized spacial score (nSPS) is 55.9. The molecule has 0 aromatic rings. The zero-order valence-electron chi connectivity index (χ0n) is 10.8. The first-order chi connectivity index (χ1) is 8.02. The topological polar surface area (TPSA) is 32.4 Å². The van der Waals surface area contributed by atoms with Crippen LogP contribution in [0.25, 0.3) is 0 Å². The lowest BCUT2D eigenvalue weighted by molar-refractivity contribution is -0.355. The van der Waals surface area contributed by atoms with Gasteiger partial charge in [-0.1, -0.05) is 0 Å². The summed E-state index contributed by atoms with van der Waals surface area (Å²) >= 11 is 0. The Morgan fingerprint density at radius 3 is 1.94 bits per heavy atom. The minimum atomic E-state index is -0.434. The molecule has 4 bridgehead atoms. The number of rotatable bonds is 0. The molecule has 17 heavy (non-hydrogen) atoms. The fourth-order valence-corrected chi connectivity index (χ4v) is 5.31. The van der Waals surface area contributed by atoms with Gasteiger partial charge in [-0.25, -0.2) is 0 Å². The van der Waals surface area contributed by atoms with Gasteiger partial charge in [-0.2, -0.15) is 0 Å². The van der Waals surface area contributed by atoms with Gasteiger partial charge in [0.25, 0.3) is 0 Å². The zero-order chi connectivity index (χ0) is 11.8. The molecule has 0 N–H and O–H groups in total. The molecule has 3 nitrogen and oxygen atoms in total. The van der Waals surface area contributed by atoms with Crippen LogP contribution in [0.5, 0.6) is 0 Å². The van der Waals surface area contributed by atoms with Crippen molar-refractivity contribution < 1.29 is 9.94 Å². The summed E-state index contributed by atoms with van der Waals surface area (Å²) in [6.45, 7) is 4.67. The van der Waals surface area contributed by atoms with Crippen molar-refractivity contribution in [2.75, 3.05) is 6.61 Å². The summed E-state index contributed by atoms with van der Waals surface area (Å²) in [6.07, 6.45) is 6.37. The van der Waals surface area contributed by atoms with Gasteiger partial charge in [-0.15, -0.1) is 10.3 Å². The predicted octanol–water partition coefficient (Wildman–Crippen LogP) is 2.60. The molecule has 1 radical (unpaired) electrons. The Balaban J connectivity index is 1.75. The van der Waals surface area contributed by atoms with E-state index in [1.54, 1.807) is 0 Å². The van der Waals surface area contributed by atoms with Crippen molar-refractivity contribution in [2.45, 2.75) is 57.2 Å². The van der Waals surface area contributed by atoms with Crippen LogP contribution in [0.2, 0.25) is 0 Å². The average Bonchev–Trinajstić information content (AvgIpc) is 2.49. The highest BCUT2D eigenvalue weighted by Gasteiger charge is 2.66. The monoisotopic (exact) mass is 236 g/mol. The van der Waals surface area contributed by atoms with E-state index in [0.717, 1.165) is 11.8 Å². The molecule has 1 saturated heterocycles. The molecule has 5 aliphatic rings. The average molecular weight is 236 g/mol. The van der Waals surface area contributed by atoms with Gasteiger partial charge in [-0.3, -0.25) is 0 Å². The Morgan fingerprint density at radius 1 is 1.00 bits per heavy atom. The van der Waals surface area contributed by atoms with Crippen LogP contribution in [-0.2, 0) is 9.94 Å². The minimum absolute atomic E-state index is 0.324. The van der Waals surface area contributed by atoms with Crippen molar-refractivity contribution in [3.63, 3.8) is 0 Å². The van der Waals surface area contributed by atoms with Gasteiger partial charge in [0.15, 0.2) is 5.72 Å². The SMILES string of the molecule is CC1(C)COC2(C3CC4CC(C3)CC2C4)N1[O]. The fraction of sp³-hybridized carbons (Fsp3) is 1.00. The van der Waals surface area contributed by atoms with Gasteiger partial charge < -0.3 is 4.74 Å². The molecule has 0 amide bonds. The Morgan fingerprint density at radius 2 is 1.53 bits per heavy atom. The molecule has 1 aliphatic heterocycles. The lowest BCUT2D eigenvalue weighted by atomic mass is 9.52. The van der Waals surface area contributed by atoms with Crippen LogP contribution in [0.15, 0.2) is 0 Å². The second kappa shape index (κ2) is 3.06. The van der Waals surface area contributed by atoms with E-state index < -0.39 is 5.72 Å². The molecule has 0 unspecified atom stereocenters. The van der Waals surface area contributed by atoms with Crippen molar-refractivity contribution in [2.24, 2.45) is 23.7 Å². The van der Waals surface area contributed by atoms with Gasteiger partial charge in [0, 0.05) is 11.8 Å². The zero-order valence-corrected chi connectivity index (χ0v) is 10.8. The quantitative estimate of drug-likeness (QED) is 0.647. The molecular formula is C14H22NO2. The standard InChI is InChI=1S/C14H22NO2/c1-13(2)8-17-14(15(13)16)11-4-9-3-10(6-11)7-12(14)5-9/h9-12H,3-8H2,1-2H3. The van der Waals surface area contributed by atoms with E-state index in [1.165, 1.54) is 37.2 Å². The van der Waals surface area contributed by atoms with E-state index in [-0.39, 0.29) is 5.54 Å². The van der Waals surface area contributed by atoms with E-state index in [4.69, 9.17) is 4.74 Å². The molecule has 4 aliphatic carbocycles. The highest BCUT2D eigenvalue weighted by molar-refractivity contribution is 5.10. The summed E-state index contributed by atoms with van der Waals surface area (Å²) in [6, 6.07) is 0. The number of hydroxylamine groups is 2. The smallest absolute Gasteiger partial charge is 0.153 e. The molecule has 0 aromatic carbocycles. The molecular weight excluding hydrogens is 214 g/mol. The Kier molecular flexibility index (Phi) is 1.94. The van der Waals surface area contributed by atoms with Gasteiger partial charge >= 0.3 is 0 Å². The van der Waals surface area contributed by atoms with E-state index in [1.807, 2.05) is 13.8 Å². The molecule has 0 atom stereocenters. The minimum Gasteiger partial charge on any atom is -0.356 e. The molecule has 95 valence electrons. The van der Waals surface area contributed by atoms with Gasteiger partial charge in [0.2, 0.25) is 0 Å². The molecule has 4 saturated carbocycles. The largest absolute Gasteiger partial charge is 0.356 e. The van der Waals surface area contributed by atoms with Crippen LogP contribution in [0.3, 0.4) is 0 Å². The van der Waals surface area contributed by atoms with Crippen molar-refractivity contribution >= 4 is 0 Å². The van der Waals surface area contributed by atoms with Crippen molar-refractivity contribution in [1.29, 1.82) is 0 Å². The van der Waals surface area contributed by atoms with Gasteiger partial charge in [0.05, 0.1) is 12.1 Å². The summed E-state index contributed by atoms with van der Waals surface area (Å²) in [5.74, 6) is 2.81. The lowest BCUT2D eigenvalue weighted by Crippen LogP contribution is -2.65. The first kappa shape index (κ1) is 10.8. The van der Waals surface area contributed by atoms with Gasteiger partial charge in [-0.05, 0) is 57.8 Å². The van der Waals surface area contributed by atoms with E-state index in [9.17, 15) is 5.21 Å². The summed E-state index contributed by atoms with van der Waals surface area (Å²) in [5, 5.41) is 14.1. The second-order valence-electron chi connectivity index (χ2n) is 7.45. The van der Waals surface area contributed by atoms with Crippen molar-refractivity contribution in [3.05, 3.63) is 0 Å². The maximum atomic E-state index is 12.7. The Labute approximate surface area is 103 Å². The maximum absolute atomic E-state index is 12.7. The third-order valence-electron chi connectivity index (χ3n) is 5.83. The second-order valence-corrected chi connectivity index (χ2v) is 7.45. The van der Waals surface area contributed by atoms with Crippen molar-refractivity contribution in [3.8, 4) is 0 Å². The van der Waals surface area contributed by atoms with Crippen LogP contribution in [0.4, 0.5) is 0 Å². The third kappa shape index (κ3) is 1.18. The van der Waals surface area contributed by atoms with Gasteiger partial charge in [0.1, 0.15) is 0 Å². The highest BCUT2D eigenvalue weighted by atomic mass is 16.6. The van der Waals surface area contributed by atoms with Crippen LogP contribution >= 0.6 is 0 Å². The summed E-state index contributed by atoms with van der Waals surface area (Å²) < 4.78 is 6.16. The number of hydrogen-bond donors (Lipinski definition) is 0. The van der Waals surface area contributed by atoms with E-state index >= 15 is 0 Å². The lowest BCUT2D eigenvalue weighted by Gasteiger charge is -2.60. The summed E-state index contributed by atoms with van der Waals surface area (Å²) in [7, 11) is 0. The predicted molar refractivity (Wildman–Crippen MR) is 62.3 cm³/mol. The third-order valence-corrected chi connectivity index (χ3v) is 5.83. The maximum Gasteiger partial charge on any atom is 0.153 e. The number of ether oxygens (including phenoxy) is 1. The Bertz CT molecular complexity index is 324.